The van der Waals surface area contributed by atoms with Crippen molar-refractivity contribution < 1.29 is 0 Å². The van der Waals surface area contributed by atoms with Crippen molar-refractivity contribution in [3.63, 3.8) is 0 Å². The van der Waals surface area contributed by atoms with Crippen LogP contribution in [0.25, 0.3) is 0 Å². The molecule has 0 aromatic heterocycles. The molecule has 0 aliphatic rings. The Morgan fingerprint density at radius 2 is 1.56 bits per heavy atom. The van der Waals surface area contributed by atoms with Crippen molar-refractivity contribution in [3.8, 4) is 0 Å². The third-order valence-corrected chi connectivity index (χ3v) is 3.53. The standard InChI is InChI=1S/C17H29N/c1-13(2)7-6-8-15(4)18-16(5)17-11-9-14(3)10-12-17/h9-13,15-16,18H,6-8H2,1-5H3. The van der Waals surface area contributed by atoms with E-state index in [0.29, 0.717) is 12.1 Å². The fourth-order valence-electron chi connectivity index (χ4n) is 2.29. The van der Waals surface area contributed by atoms with E-state index in [2.05, 4.69) is 64.2 Å². The van der Waals surface area contributed by atoms with Gasteiger partial charge in [-0.15, -0.1) is 0 Å². The first-order valence-electron chi connectivity index (χ1n) is 7.31. The Kier molecular flexibility index (Phi) is 6.42. The maximum Gasteiger partial charge on any atom is 0.0294 e. The summed E-state index contributed by atoms with van der Waals surface area (Å²) >= 11 is 0. The zero-order valence-electron chi connectivity index (χ0n) is 12.7. The van der Waals surface area contributed by atoms with Crippen LogP contribution in [0, 0.1) is 12.8 Å². The third kappa shape index (κ3) is 5.68. The predicted octanol–water partition coefficient (Wildman–Crippen LogP) is 4.86. The van der Waals surface area contributed by atoms with Gasteiger partial charge >= 0.3 is 0 Å². The molecule has 0 amide bonds. The molecule has 1 heteroatoms. The lowest BCUT2D eigenvalue weighted by molar-refractivity contribution is 0.424. The summed E-state index contributed by atoms with van der Waals surface area (Å²) in [4.78, 5) is 0. The first-order valence-corrected chi connectivity index (χ1v) is 7.31. The second-order valence-corrected chi connectivity index (χ2v) is 6.02. The minimum atomic E-state index is 0.444. The van der Waals surface area contributed by atoms with Gasteiger partial charge in [0, 0.05) is 12.1 Å². The Morgan fingerprint density at radius 3 is 2.11 bits per heavy atom. The highest BCUT2D eigenvalue weighted by Crippen LogP contribution is 2.15. The van der Waals surface area contributed by atoms with Crippen molar-refractivity contribution in [2.75, 3.05) is 0 Å². The van der Waals surface area contributed by atoms with Gasteiger partial charge in [0.1, 0.15) is 0 Å². The molecule has 0 aliphatic heterocycles. The van der Waals surface area contributed by atoms with Gasteiger partial charge in [-0.3, -0.25) is 0 Å². The van der Waals surface area contributed by atoms with E-state index in [4.69, 9.17) is 0 Å². The monoisotopic (exact) mass is 247 g/mol. The van der Waals surface area contributed by atoms with Crippen molar-refractivity contribution in [1.82, 2.24) is 5.32 Å². The summed E-state index contributed by atoms with van der Waals surface area (Å²) in [7, 11) is 0. The average molecular weight is 247 g/mol. The number of nitrogens with one attached hydrogen (secondary N) is 1. The first-order chi connectivity index (χ1) is 8.49. The van der Waals surface area contributed by atoms with Crippen molar-refractivity contribution in [2.45, 2.75) is 66.0 Å². The van der Waals surface area contributed by atoms with Gasteiger partial charge in [-0.2, -0.15) is 0 Å². The fraction of sp³-hybridized carbons (Fsp3) is 0.647. The molecular weight excluding hydrogens is 218 g/mol. The highest BCUT2D eigenvalue weighted by Gasteiger charge is 2.09. The van der Waals surface area contributed by atoms with Crippen LogP contribution in [0.1, 0.15) is 64.1 Å². The highest BCUT2D eigenvalue weighted by molar-refractivity contribution is 5.23. The van der Waals surface area contributed by atoms with Gasteiger partial charge in [0.2, 0.25) is 0 Å². The zero-order valence-corrected chi connectivity index (χ0v) is 12.7. The number of aryl methyl sites for hydroxylation is 1. The topological polar surface area (TPSA) is 12.0 Å². The summed E-state index contributed by atoms with van der Waals surface area (Å²) in [6, 6.07) is 9.88. The van der Waals surface area contributed by atoms with Crippen LogP contribution in [0.2, 0.25) is 0 Å². The molecule has 102 valence electrons. The molecule has 0 spiro atoms. The largest absolute Gasteiger partial charge is 0.308 e. The zero-order chi connectivity index (χ0) is 13.5. The SMILES string of the molecule is Cc1ccc(C(C)NC(C)CCCC(C)C)cc1. The molecule has 1 aromatic rings. The van der Waals surface area contributed by atoms with Crippen LogP contribution in [0.15, 0.2) is 24.3 Å². The maximum atomic E-state index is 3.69. The van der Waals surface area contributed by atoms with Crippen molar-refractivity contribution in [1.29, 1.82) is 0 Å². The Labute approximate surface area is 113 Å². The van der Waals surface area contributed by atoms with Crippen LogP contribution >= 0.6 is 0 Å². The molecule has 0 bridgehead atoms. The van der Waals surface area contributed by atoms with Gasteiger partial charge in [0.25, 0.3) is 0 Å². The minimum Gasteiger partial charge on any atom is -0.308 e. The molecule has 1 nitrogen and oxygen atoms in total. The predicted molar refractivity (Wildman–Crippen MR) is 80.9 cm³/mol. The first kappa shape index (κ1) is 15.2. The molecular formula is C17H29N. The normalized spacial score (nSPS) is 14.8. The summed E-state index contributed by atoms with van der Waals surface area (Å²) in [6.45, 7) is 11.3. The molecule has 18 heavy (non-hydrogen) atoms. The van der Waals surface area contributed by atoms with Crippen molar-refractivity contribution >= 4 is 0 Å². The van der Waals surface area contributed by atoms with E-state index >= 15 is 0 Å². The maximum absolute atomic E-state index is 3.69. The van der Waals surface area contributed by atoms with E-state index in [9.17, 15) is 0 Å². The molecule has 0 saturated heterocycles. The van der Waals surface area contributed by atoms with E-state index in [0.717, 1.165) is 5.92 Å². The Morgan fingerprint density at radius 1 is 0.944 bits per heavy atom. The molecule has 1 rings (SSSR count). The van der Waals surface area contributed by atoms with Crippen LogP contribution in [-0.2, 0) is 0 Å². The second-order valence-electron chi connectivity index (χ2n) is 6.02. The molecule has 0 heterocycles. The van der Waals surface area contributed by atoms with Gasteiger partial charge in [-0.05, 0) is 38.7 Å². The number of benzene rings is 1. The Bertz CT molecular complexity index is 326. The highest BCUT2D eigenvalue weighted by atomic mass is 14.9. The summed E-state index contributed by atoms with van der Waals surface area (Å²) in [6.07, 6.45) is 3.94. The number of rotatable bonds is 7. The number of hydrogen-bond donors (Lipinski definition) is 1. The van der Waals surface area contributed by atoms with E-state index < -0.39 is 0 Å². The molecule has 1 aromatic carbocycles. The third-order valence-electron chi connectivity index (χ3n) is 3.53. The molecule has 2 atom stereocenters. The summed E-state index contributed by atoms with van der Waals surface area (Å²) < 4.78 is 0. The molecule has 0 fully saturated rings. The summed E-state index contributed by atoms with van der Waals surface area (Å²) in [5.41, 5.74) is 2.72. The van der Waals surface area contributed by atoms with Crippen LogP contribution in [0.5, 0.6) is 0 Å². The second kappa shape index (κ2) is 7.58. The van der Waals surface area contributed by atoms with Crippen LogP contribution in [0.3, 0.4) is 0 Å². The lowest BCUT2D eigenvalue weighted by Crippen LogP contribution is -2.28. The van der Waals surface area contributed by atoms with E-state index in [-0.39, 0.29) is 0 Å². The van der Waals surface area contributed by atoms with E-state index in [1.807, 2.05) is 0 Å². The molecule has 2 unspecified atom stereocenters. The van der Waals surface area contributed by atoms with Gasteiger partial charge in [0.15, 0.2) is 0 Å². The number of hydrogen-bond acceptors (Lipinski definition) is 1. The average Bonchev–Trinajstić information content (AvgIpc) is 2.29. The van der Waals surface area contributed by atoms with E-state index in [1.165, 1.54) is 30.4 Å². The van der Waals surface area contributed by atoms with Gasteiger partial charge in [0.05, 0.1) is 0 Å². The lowest BCUT2D eigenvalue weighted by Gasteiger charge is -2.21. The summed E-state index contributed by atoms with van der Waals surface area (Å²) in [5, 5.41) is 3.69. The van der Waals surface area contributed by atoms with Gasteiger partial charge in [-0.1, -0.05) is 56.5 Å². The molecule has 0 saturated carbocycles. The summed E-state index contributed by atoms with van der Waals surface area (Å²) in [5.74, 6) is 0.826. The Balaban J connectivity index is 2.34. The molecule has 0 aliphatic carbocycles. The smallest absolute Gasteiger partial charge is 0.0294 e. The van der Waals surface area contributed by atoms with Crippen LogP contribution < -0.4 is 5.32 Å². The van der Waals surface area contributed by atoms with Crippen molar-refractivity contribution in [3.05, 3.63) is 35.4 Å². The van der Waals surface area contributed by atoms with Gasteiger partial charge in [-0.25, -0.2) is 0 Å². The van der Waals surface area contributed by atoms with Crippen molar-refractivity contribution in [2.24, 2.45) is 5.92 Å². The van der Waals surface area contributed by atoms with E-state index in [1.54, 1.807) is 0 Å². The van der Waals surface area contributed by atoms with Crippen LogP contribution in [-0.4, -0.2) is 6.04 Å². The molecule has 0 radical (unpaired) electrons. The lowest BCUT2D eigenvalue weighted by atomic mass is 10.0. The fourth-order valence-corrected chi connectivity index (χ4v) is 2.29. The molecule has 1 N–H and O–H groups in total. The quantitative estimate of drug-likeness (QED) is 0.725. The van der Waals surface area contributed by atoms with Gasteiger partial charge < -0.3 is 5.32 Å². The Hall–Kier alpha value is -0.820. The van der Waals surface area contributed by atoms with Crippen LogP contribution in [0.4, 0.5) is 0 Å². The minimum absolute atomic E-state index is 0.444.